The van der Waals surface area contributed by atoms with Gasteiger partial charge in [-0.1, -0.05) is 36.6 Å². The largest absolute Gasteiger partial charge is 0.339 e. The van der Waals surface area contributed by atoms with Crippen molar-refractivity contribution in [3.63, 3.8) is 0 Å². The predicted molar refractivity (Wildman–Crippen MR) is 119 cm³/mol. The Kier molecular flexibility index (Phi) is 6.99. The highest BCUT2D eigenvalue weighted by Crippen LogP contribution is 2.25. The Bertz CT molecular complexity index is 1050. The number of carbonyl (C=O) groups is 2. The molecule has 2 N–H and O–H groups in total. The number of nitrogens with zero attached hydrogens (tertiary/aromatic N) is 1. The summed E-state index contributed by atoms with van der Waals surface area (Å²) in [4.78, 5) is 27.6. The van der Waals surface area contributed by atoms with E-state index in [4.69, 9.17) is 11.6 Å². The van der Waals surface area contributed by atoms with Crippen LogP contribution in [-0.2, 0) is 10.0 Å². The van der Waals surface area contributed by atoms with Crippen LogP contribution in [0.1, 0.15) is 46.4 Å². The van der Waals surface area contributed by atoms with Gasteiger partial charge in [0.05, 0.1) is 28.1 Å². The number of benzene rings is 2. The van der Waals surface area contributed by atoms with Crippen LogP contribution in [-0.4, -0.2) is 44.5 Å². The number of halogens is 1. The molecular formula is C21H24ClN3O4S. The lowest BCUT2D eigenvalue weighted by atomic mass is 10.1. The van der Waals surface area contributed by atoms with Gasteiger partial charge in [-0.25, -0.2) is 8.42 Å². The van der Waals surface area contributed by atoms with E-state index < -0.39 is 15.9 Å². The molecule has 0 unspecified atom stereocenters. The fraction of sp³-hybridized carbons (Fsp3) is 0.333. The van der Waals surface area contributed by atoms with Crippen molar-refractivity contribution in [3.05, 3.63) is 58.6 Å². The van der Waals surface area contributed by atoms with Crippen molar-refractivity contribution in [2.24, 2.45) is 0 Å². The van der Waals surface area contributed by atoms with Crippen LogP contribution in [0.15, 0.2) is 42.5 Å². The lowest BCUT2D eigenvalue weighted by Crippen LogP contribution is -2.32. The molecule has 2 aromatic rings. The van der Waals surface area contributed by atoms with Crippen LogP contribution in [0.4, 0.5) is 11.4 Å². The van der Waals surface area contributed by atoms with Gasteiger partial charge in [-0.3, -0.25) is 14.3 Å². The summed E-state index contributed by atoms with van der Waals surface area (Å²) in [5, 5.41) is 2.86. The molecule has 2 amide bonds. The van der Waals surface area contributed by atoms with E-state index in [1.807, 2.05) is 4.90 Å². The summed E-state index contributed by atoms with van der Waals surface area (Å²) < 4.78 is 25.0. The van der Waals surface area contributed by atoms with Crippen LogP contribution in [0.25, 0.3) is 0 Å². The molecule has 0 bridgehead atoms. The van der Waals surface area contributed by atoms with Crippen LogP contribution < -0.4 is 10.0 Å². The van der Waals surface area contributed by atoms with Gasteiger partial charge in [0.25, 0.3) is 11.8 Å². The second kappa shape index (κ2) is 9.49. The smallest absolute Gasteiger partial charge is 0.257 e. The highest BCUT2D eigenvalue weighted by atomic mass is 35.5. The number of likely N-dealkylation sites (tertiary alicyclic amines) is 1. The molecule has 0 radical (unpaired) electrons. The number of hydrogen-bond donors (Lipinski definition) is 2. The monoisotopic (exact) mass is 449 g/mol. The Hall–Kier alpha value is -2.58. The molecule has 30 heavy (non-hydrogen) atoms. The quantitative estimate of drug-likeness (QED) is 0.721. The summed E-state index contributed by atoms with van der Waals surface area (Å²) in [7, 11) is -3.46. The molecule has 1 fully saturated rings. The number of carbonyl (C=O) groups excluding carboxylic acids is 2. The van der Waals surface area contributed by atoms with Gasteiger partial charge in [-0.2, -0.15) is 0 Å². The van der Waals surface area contributed by atoms with Gasteiger partial charge in [0.2, 0.25) is 10.0 Å². The Morgan fingerprint density at radius 1 is 0.967 bits per heavy atom. The number of para-hydroxylation sites is 1. The first kappa shape index (κ1) is 22.1. The van der Waals surface area contributed by atoms with Crippen molar-refractivity contribution >= 4 is 44.8 Å². The molecule has 1 aliphatic heterocycles. The lowest BCUT2D eigenvalue weighted by molar-refractivity contribution is 0.0762. The van der Waals surface area contributed by atoms with Gasteiger partial charge in [-0.05, 0) is 43.2 Å². The zero-order valence-corrected chi connectivity index (χ0v) is 18.2. The van der Waals surface area contributed by atoms with Crippen LogP contribution in [0.3, 0.4) is 0 Å². The minimum absolute atomic E-state index is 0.0949. The van der Waals surface area contributed by atoms with Crippen LogP contribution in [0.2, 0.25) is 5.02 Å². The molecule has 1 heterocycles. The Morgan fingerprint density at radius 2 is 1.63 bits per heavy atom. The highest BCUT2D eigenvalue weighted by Gasteiger charge is 2.21. The van der Waals surface area contributed by atoms with E-state index in [2.05, 4.69) is 10.0 Å². The second-order valence-corrected chi connectivity index (χ2v) is 9.43. The topological polar surface area (TPSA) is 95.6 Å². The number of amides is 2. The molecule has 0 spiro atoms. The van der Waals surface area contributed by atoms with Crippen molar-refractivity contribution in [3.8, 4) is 0 Å². The van der Waals surface area contributed by atoms with Gasteiger partial charge in [0, 0.05) is 18.8 Å². The summed E-state index contributed by atoms with van der Waals surface area (Å²) >= 11 is 6.19. The highest BCUT2D eigenvalue weighted by molar-refractivity contribution is 7.92. The lowest BCUT2D eigenvalue weighted by Gasteiger charge is -2.22. The van der Waals surface area contributed by atoms with E-state index in [9.17, 15) is 18.0 Å². The third-order valence-electron chi connectivity index (χ3n) is 4.82. The third-order valence-corrected chi connectivity index (χ3v) is 5.74. The van der Waals surface area contributed by atoms with E-state index in [0.717, 1.165) is 31.9 Å². The summed E-state index contributed by atoms with van der Waals surface area (Å²) in [6, 6.07) is 11.1. The maximum atomic E-state index is 13.0. The average molecular weight is 450 g/mol. The van der Waals surface area contributed by atoms with Gasteiger partial charge in [0.15, 0.2) is 0 Å². The standard InChI is InChI=1S/C21H24ClN3O4S/c1-30(28,29)24-15-10-11-16(18(22)14-15)20(26)23-19-9-5-4-8-17(19)21(27)25-12-6-2-3-7-13-25/h4-5,8-11,14,24H,2-3,6-7,12-13H2,1H3,(H,23,26). The molecular weight excluding hydrogens is 426 g/mol. The SMILES string of the molecule is CS(=O)(=O)Nc1ccc(C(=O)Nc2ccccc2C(=O)N2CCCCCC2)c(Cl)c1. The fourth-order valence-electron chi connectivity index (χ4n) is 3.39. The van der Waals surface area contributed by atoms with Crippen molar-refractivity contribution in [1.29, 1.82) is 0 Å². The number of hydrogen-bond acceptors (Lipinski definition) is 4. The molecule has 160 valence electrons. The Morgan fingerprint density at radius 3 is 2.27 bits per heavy atom. The van der Waals surface area contributed by atoms with Gasteiger partial charge >= 0.3 is 0 Å². The third kappa shape index (κ3) is 5.73. The molecule has 7 nitrogen and oxygen atoms in total. The Labute approximate surface area is 181 Å². The fourth-order valence-corrected chi connectivity index (χ4v) is 4.21. The molecule has 2 aromatic carbocycles. The number of rotatable bonds is 5. The first-order valence-electron chi connectivity index (χ1n) is 9.71. The van der Waals surface area contributed by atoms with Crippen LogP contribution in [0, 0.1) is 0 Å². The van der Waals surface area contributed by atoms with E-state index in [1.54, 1.807) is 24.3 Å². The van der Waals surface area contributed by atoms with E-state index in [1.165, 1.54) is 18.2 Å². The Balaban J connectivity index is 1.80. The molecule has 0 atom stereocenters. The first-order chi connectivity index (χ1) is 14.2. The minimum atomic E-state index is -3.46. The maximum absolute atomic E-state index is 13.0. The molecule has 0 saturated carbocycles. The molecule has 3 rings (SSSR count). The maximum Gasteiger partial charge on any atom is 0.257 e. The summed E-state index contributed by atoms with van der Waals surface area (Å²) in [6.45, 7) is 1.42. The van der Waals surface area contributed by atoms with Crippen molar-refractivity contribution in [1.82, 2.24) is 4.90 Å². The summed E-state index contributed by atoms with van der Waals surface area (Å²) in [5.41, 5.74) is 1.27. The molecule has 1 saturated heterocycles. The molecule has 0 aliphatic carbocycles. The normalized spacial score (nSPS) is 14.7. The average Bonchev–Trinajstić information content (AvgIpc) is 2.96. The summed E-state index contributed by atoms with van der Waals surface area (Å²) in [6.07, 6.45) is 5.21. The van der Waals surface area contributed by atoms with Crippen molar-refractivity contribution in [2.45, 2.75) is 25.7 Å². The number of sulfonamides is 1. The zero-order chi connectivity index (χ0) is 21.7. The van der Waals surface area contributed by atoms with Crippen LogP contribution in [0.5, 0.6) is 0 Å². The van der Waals surface area contributed by atoms with Gasteiger partial charge < -0.3 is 10.2 Å². The second-order valence-electron chi connectivity index (χ2n) is 7.27. The molecule has 9 heteroatoms. The first-order valence-corrected chi connectivity index (χ1v) is 12.0. The number of anilines is 2. The van der Waals surface area contributed by atoms with Gasteiger partial charge in [-0.15, -0.1) is 0 Å². The van der Waals surface area contributed by atoms with E-state index >= 15 is 0 Å². The van der Waals surface area contributed by atoms with E-state index in [0.29, 0.717) is 24.3 Å². The van der Waals surface area contributed by atoms with E-state index in [-0.39, 0.29) is 22.2 Å². The molecule has 1 aliphatic rings. The summed E-state index contributed by atoms with van der Waals surface area (Å²) in [5.74, 6) is -0.589. The predicted octanol–water partition coefficient (Wildman–Crippen LogP) is 3.98. The van der Waals surface area contributed by atoms with Gasteiger partial charge in [0.1, 0.15) is 0 Å². The van der Waals surface area contributed by atoms with Crippen molar-refractivity contribution in [2.75, 3.05) is 29.4 Å². The van der Waals surface area contributed by atoms with Crippen LogP contribution >= 0.6 is 11.6 Å². The van der Waals surface area contributed by atoms with Crippen molar-refractivity contribution < 1.29 is 18.0 Å². The minimum Gasteiger partial charge on any atom is -0.339 e. The zero-order valence-electron chi connectivity index (χ0n) is 16.7. The number of nitrogens with one attached hydrogen (secondary N) is 2. The molecule has 0 aromatic heterocycles.